The van der Waals surface area contributed by atoms with Gasteiger partial charge in [0, 0.05) is 23.7 Å². The number of Topliss-reactive ketones (excluding diaryl/α,β-unsaturated/α-hetero) is 1. The Balaban J connectivity index is 2.77. The number of hydrogen-bond donors (Lipinski definition) is 1. The van der Waals surface area contributed by atoms with Gasteiger partial charge in [0.1, 0.15) is 5.78 Å². The second-order valence-electron chi connectivity index (χ2n) is 5.72. The van der Waals surface area contributed by atoms with Crippen molar-refractivity contribution in [2.75, 3.05) is 0 Å². The molecule has 1 saturated carbocycles. The van der Waals surface area contributed by atoms with E-state index in [0.29, 0.717) is 19.3 Å². The number of carbonyl (C=O) groups is 1. The Morgan fingerprint density at radius 1 is 1.50 bits per heavy atom. The Bertz CT molecular complexity index is 443. The van der Waals surface area contributed by atoms with Gasteiger partial charge in [0.2, 0.25) is 5.39 Å². The van der Waals surface area contributed by atoms with Gasteiger partial charge in [-0.2, -0.15) is 0 Å². The molecule has 4 heteroatoms. The smallest absolute Gasteiger partial charge is 0.387 e. The molecule has 0 spiro atoms. The Morgan fingerprint density at radius 2 is 2.11 bits per heavy atom. The third-order valence-electron chi connectivity index (χ3n) is 4.60. The van der Waals surface area contributed by atoms with Crippen molar-refractivity contribution in [2.45, 2.75) is 46.5 Å². The topological polar surface area (TPSA) is 65.4 Å². The molecule has 0 amide bonds. The fourth-order valence-corrected chi connectivity index (χ4v) is 2.60. The molecule has 0 radical (unpaired) electrons. The van der Waals surface area contributed by atoms with Gasteiger partial charge in [-0.1, -0.05) is 32.9 Å². The average Bonchev–Trinajstić information content (AvgIpc) is 2.51. The Hall–Kier alpha value is -1.63. The fourth-order valence-electron chi connectivity index (χ4n) is 2.60. The summed E-state index contributed by atoms with van der Waals surface area (Å²) in [6.07, 6.45) is 3.39. The van der Waals surface area contributed by atoms with Gasteiger partial charge in [-0.05, 0) is 12.8 Å². The van der Waals surface area contributed by atoms with E-state index in [9.17, 15) is 9.90 Å². The van der Waals surface area contributed by atoms with Crippen molar-refractivity contribution in [1.29, 1.82) is 5.39 Å². The highest BCUT2D eigenvalue weighted by molar-refractivity contribution is 5.88. The minimum atomic E-state index is -0.398. The second kappa shape index (κ2) is 4.93. The summed E-state index contributed by atoms with van der Waals surface area (Å²) in [6.45, 7) is 10.1. The molecule has 0 aliphatic heterocycles. The van der Waals surface area contributed by atoms with Crippen LogP contribution in [0.3, 0.4) is 0 Å². The summed E-state index contributed by atoms with van der Waals surface area (Å²) in [6, 6.07) is 0. The summed E-state index contributed by atoms with van der Waals surface area (Å²) >= 11 is 0. The molecule has 1 aliphatic rings. The van der Waals surface area contributed by atoms with Gasteiger partial charge in [0.15, 0.2) is 10.7 Å². The van der Waals surface area contributed by atoms with Crippen LogP contribution in [0, 0.1) is 16.2 Å². The van der Waals surface area contributed by atoms with Gasteiger partial charge in [0.25, 0.3) is 0 Å². The fraction of sp³-hybridized carbons (Fsp3) is 0.643. The van der Waals surface area contributed by atoms with Crippen molar-refractivity contribution >= 4 is 5.78 Å². The molecular formula is C14H21N2O2+. The summed E-state index contributed by atoms with van der Waals surface area (Å²) in [7, 11) is 0. The van der Waals surface area contributed by atoms with E-state index in [4.69, 9.17) is 5.39 Å². The lowest BCUT2D eigenvalue weighted by atomic mass is 9.64. The van der Waals surface area contributed by atoms with Crippen LogP contribution in [0.4, 0.5) is 0 Å². The molecule has 1 unspecified atom stereocenters. The summed E-state index contributed by atoms with van der Waals surface area (Å²) < 4.78 is 0. The molecule has 1 aliphatic carbocycles. The number of diazo groups is 1. The highest BCUT2D eigenvalue weighted by atomic mass is 16.3. The zero-order valence-corrected chi connectivity index (χ0v) is 11.4. The summed E-state index contributed by atoms with van der Waals surface area (Å²) in [5, 5.41) is 17.7. The maximum absolute atomic E-state index is 11.9. The van der Waals surface area contributed by atoms with Crippen LogP contribution in [-0.4, -0.2) is 10.9 Å². The van der Waals surface area contributed by atoms with Crippen molar-refractivity contribution in [3.63, 3.8) is 0 Å². The first kappa shape index (κ1) is 14.4. The molecule has 0 aromatic heterocycles. The number of allylic oxidation sites excluding steroid dienone is 2. The largest absolute Gasteiger partial charge is 0.505 e. The maximum Gasteiger partial charge on any atom is 0.387 e. The molecule has 0 saturated heterocycles. The van der Waals surface area contributed by atoms with Gasteiger partial charge in [-0.3, -0.25) is 4.79 Å². The van der Waals surface area contributed by atoms with Crippen molar-refractivity contribution < 1.29 is 9.90 Å². The lowest BCUT2D eigenvalue weighted by Crippen LogP contribution is -2.35. The first-order valence-electron chi connectivity index (χ1n) is 6.19. The van der Waals surface area contributed by atoms with E-state index in [-0.39, 0.29) is 17.0 Å². The summed E-state index contributed by atoms with van der Waals surface area (Å²) in [5.74, 6) is 0.292. The van der Waals surface area contributed by atoms with E-state index in [1.807, 2.05) is 13.8 Å². The highest BCUT2D eigenvalue weighted by Gasteiger charge is 2.52. The lowest BCUT2D eigenvalue weighted by Gasteiger charge is -2.39. The Kier molecular flexibility index (Phi) is 3.95. The number of aliphatic hydroxyl groups excluding tert-OH is 1. The zero-order chi connectivity index (χ0) is 14.0. The predicted octanol–water partition coefficient (Wildman–Crippen LogP) is 3.97. The van der Waals surface area contributed by atoms with Crippen LogP contribution in [0.5, 0.6) is 0 Å². The standard InChI is InChI=1S/C14H20N2O2/c1-10(5-6-11(17)9-16-15)14(4)8-7-12(18)13(14,2)3/h9H,1,5-8H2,2-4H3/p+1/b11-9-. The van der Waals surface area contributed by atoms with Gasteiger partial charge < -0.3 is 5.11 Å². The van der Waals surface area contributed by atoms with E-state index in [1.54, 1.807) is 0 Å². The van der Waals surface area contributed by atoms with Gasteiger partial charge in [0.05, 0.1) is 0 Å². The first-order chi connectivity index (χ1) is 8.25. The minimum absolute atomic E-state index is 0.0179. The highest BCUT2D eigenvalue weighted by Crippen LogP contribution is 2.55. The van der Waals surface area contributed by atoms with Gasteiger partial charge >= 0.3 is 6.20 Å². The molecular weight excluding hydrogens is 228 g/mol. The number of nitrogens with zero attached hydrogens (tertiary/aromatic N) is 2. The first-order valence-corrected chi connectivity index (χ1v) is 6.19. The minimum Gasteiger partial charge on any atom is -0.505 e. The predicted molar refractivity (Wildman–Crippen MR) is 70.3 cm³/mol. The molecule has 0 aromatic rings. The van der Waals surface area contributed by atoms with Crippen molar-refractivity contribution in [2.24, 2.45) is 10.8 Å². The van der Waals surface area contributed by atoms with Crippen LogP contribution in [-0.2, 0) is 4.79 Å². The van der Waals surface area contributed by atoms with Crippen LogP contribution in [0.15, 0.2) is 24.1 Å². The number of hydrogen-bond acceptors (Lipinski definition) is 3. The Morgan fingerprint density at radius 3 is 2.56 bits per heavy atom. The van der Waals surface area contributed by atoms with Gasteiger partial charge in [-0.25, -0.2) is 0 Å². The van der Waals surface area contributed by atoms with Crippen molar-refractivity contribution in [1.82, 2.24) is 0 Å². The quantitative estimate of drug-likeness (QED) is 0.465. The second-order valence-corrected chi connectivity index (χ2v) is 5.72. The van der Waals surface area contributed by atoms with Crippen LogP contribution in [0.1, 0.15) is 46.5 Å². The Labute approximate surface area is 108 Å². The van der Waals surface area contributed by atoms with Crippen molar-refractivity contribution in [3.05, 3.63) is 29.1 Å². The van der Waals surface area contributed by atoms with E-state index in [2.05, 4.69) is 18.5 Å². The number of rotatable bonds is 4. The monoisotopic (exact) mass is 249 g/mol. The lowest BCUT2D eigenvalue weighted by molar-refractivity contribution is -0.126. The van der Waals surface area contributed by atoms with Crippen LogP contribution in [0.25, 0.3) is 4.98 Å². The molecule has 1 N–H and O–H groups in total. The van der Waals surface area contributed by atoms with Crippen LogP contribution >= 0.6 is 0 Å². The molecule has 98 valence electrons. The number of aliphatic hydroxyl groups is 1. The SMILES string of the molecule is C=C(CC/C(O)=C/[N+]#N)C1(C)CCC(=O)C1(C)C. The third-order valence-corrected chi connectivity index (χ3v) is 4.60. The van der Waals surface area contributed by atoms with E-state index in [1.165, 1.54) is 0 Å². The summed E-state index contributed by atoms with van der Waals surface area (Å²) in [5.41, 5.74) is 0.349. The molecule has 0 aromatic carbocycles. The zero-order valence-electron chi connectivity index (χ0n) is 11.4. The van der Waals surface area contributed by atoms with Crippen molar-refractivity contribution in [3.8, 4) is 0 Å². The van der Waals surface area contributed by atoms with E-state index < -0.39 is 5.41 Å². The average molecular weight is 249 g/mol. The summed E-state index contributed by atoms with van der Waals surface area (Å²) in [4.78, 5) is 14.7. The maximum atomic E-state index is 11.9. The molecule has 0 heterocycles. The van der Waals surface area contributed by atoms with Crippen LogP contribution in [0.2, 0.25) is 0 Å². The molecule has 18 heavy (non-hydrogen) atoms. The van der Waals surface area contributed by atoms with Gasteiger partial charge in [-0.15, -0.1) is 0 Å². The third kappa shape index (κ3) is 2.31. The molecule has 1 atom stereocenters. The van der Waals surface area contributed by atoms with Crippen LogP contribution < -0.4 is 0 Å². The van der Waals surface area contributed by atoms with E-state index >= 15 is 0 Å². The van der Waals surface area contributed by atoms with E-state index in [0.717, 1.165) is 18.2 Å². The number of ketones is 1. The molecule has 4 nitrogen and oxygen atoms in total. The number of carbonyl (C=O) groups excluding carboxylic acids is 1. The molecule has 1 rings (SSSR count). The molecule has 0 bridgehead atoms. The molecule has 1 fully saturated rings. The normalized spacial score (nSPS) is 27.0.